The number of nitrogens with zero attached hydrogens (tertiary/aromatic N) is 4. The first kappa shape index (κ1) is 20.1. The average Bonchev–Trinajstić information content (AvgIpc) is 3.26. The van der Waals surface area contributed by atoms with Crippen molar-refractivity contribution in [1.82, 2.24) is 19.4 Å². The first-order chi connectivity index (χ1) is 14.2. The minimum atomic E-state index is 0.337. The molecule has 0 bridgehead atoms. The van der Waals surface area contributed by atoms with Crippen molar-refractivity contribution in [2.75, 3.05) is 26.2 Å². The summed E-state index contributed by atoms with van der Waals surface area (Å²) in [4.78, 5) is 21.3. The van der Waals surface area contributed by atoms with Gasteiger partial charge < -0.3 is 9.47 Å². The lowest BCUT2D eigenvalue weighted by Gasteiger charge is -2.47. The van der Waals surface area contributed by atoms with Crippen molar-refractivity contribution in [1.29, 1.82) is 0 Å². The van der Waals surface area contributed by atoms with Crippen LogP contribution in [0.2, 0.25) is 0 Å². The number of aromatic nitrogens is 2. The van der Waals surface area contributed by atoms with E-state index in [1.165, 1.54) is 24.0 Å². The summed E-state index contributed by atoms with van der Waals surface area (Å²) in [5, 5.41) is 0. The van der Waals surface area contributed by atoms with Gasteiger partial charge >= 0.3 is 0 Å². The average molecular weight is 395 g/mol. The number of hydrogen-bond donors (Lipinski definition) is 0. The van der Waals surface area contributed by atoms with Crippen LogP contribution in [-0.2, 0) is 24.3 Å². The molecule has 1 aromatic heterocycles. The van der Waals surface area contributed by atoms with E-state index in [1.54, 1.807) is 0 Å². The van der Waals surface area contributed by atoms with E-state index in [2.05, 4.69) is 50.5 Å². The molecule has 0 unspecified atom stereocenters. The Morgan fingerprint density at radius 2 is 1.86 bits per heavy atom. The topological polar surface area (TPSA) is 41.4 Å². The molecule has 1 amide bonds. The standard InChI is InChI=1S/C24H34N4O/c1-2-21-6-3-4-7-22(21)18-26-15-10-24(11-16-26)9-8-23(29)28(19-24)14-5-13-27-17-12-25-20-27/h3-4,6-7,12,17,20H,2,5,8-11,13-16,18-19H2,1H3. The maximum atomic E-state index is 12.5. The molecule has 2 aliphatic rings. The summed E-state index contributed by atoms with van der Waals surface area (Å²) in [7, 11) is 0. The first-order valence-electron chi connectivity index (χ1n) is 11.2. The quantitative estimate of drug-likeness (QED) is 0.718. The highest BCUT2D eigenvalue weighted by Gasteiger charge is 2.40. The van der Waals surface area contributed by atoms with Gasteiger partial charge in [-0.2, -0.15) is 0 Å². The fourth-order valence-corrected chi connectivity index (χ4v) is 5.06. The maximum absolute atomic E-state index is 12.5. The number of hydrogen-bond acceptors (Lipinski definition) is 3. The molecule has 0 aliphatic carbocycles. The Bertz CT molecular complexity index is 793. The maximum Gasteiger partial charge on any atom is 0.222 e. The molecule has 0 N–H and O–H groups in total. The molecule has 4 rings (SSSR count). The van der Waals surface area contributed by atoms with Gasteiger partial charge in [0, 0.05) is 45.0 Å². The summed E-state index contributed by atoms with van der Waals surface area (Å²) < 4.78 is 2.09. The van der Waals surface area contributed by atoms with E-state index in [1.807, 2.05) is 18.7 Å². The van der Waals surface area contributed by atoms with Crippen molar-refractivity contribution in [3.05, 3.63) is 54.1 Å². The zero-order chi connectivity index (χ0) is 20.1. The smallest absolute Gasteiger partial charge is 0.222 e. The van der Waals surface area contributed by atoms with Gasteiger partial charge in [0.1, 0.15) is 0 Å². The van der Waals surface area contributed by atoms with Crippen LogP contribution >= 0.6 is 0 Å². The van der Waals surface area contributed by atoms with E-state index in [9.17, 15) is 4.79 Å². The number of imidazole rings is 1. The lowest BCUT2D eigenvalue weighted by atomic mass is 9.72. The molecule has 5 nitrogen and oxygen atoms in total. The lowest BCUT2D eigenvalue weighted by Crippen LogP contribution is -2.51. The van der Waals surface area contributed by atoms with E-state index in [4.69, 9.17) is 0 Å². The predicted molar refractivity (Wildman–Crippen MR) is 115 cm³/mol. The molecule has 2 saturated heterocycles. The molecule has 5 heteroatoms. The summed E-state index contributed by atoms with van der Waals surface area (Å²) >= 11 is 0. The van der Waals surface area contributed by atoms with Crippen LogP contribution < -0.4 is 0 Å². The van der Waals surface area contributed by atoms with Crippen molar-refractivity contribution in [3.8, 4) is 0 Å². The van der Waals surface area contributed by atoms with Gasteiger partial charge in [-0.3, -0.25) is 9.69 Å². The third kappa shape index (κ3) is 4.89. The van der Waals surface area contributed by atoms with E-state index >= 15 is 0 Å². The largest absolute Gasteiger partial charge is 0.342 e. The monoisotopic (exact) mass is 394 g/mol. The number of likely N-dealkylation sites (tertiary alicyclic amines) is 2. The Labute approximate surface area is 174 Å². The van der Waals surface area contributed by atoms with Gasteiger partial charge in [0.15, 0.2) is 0 Å². The molecule has 0 radical (unpaired) electrons. The Morgan fingerprint density at radius 3 is 2.59 bits per heavy atom. The highest BCUT2D eigenvalue weighted by Crippen LogP contribution is 2.40. The lowest BCUT2D eigenvalue weighted by molar-refractivity contribution is -0.139. The molecule has 3 heterocycles. The van der Waals surface area contributed by atoms with Crippen LogP contribution in [0.4, 0.5) is 0 Å². The van der Waals surface area contributed by atoms with Gasteiger partial charge in [-0.1, -0.05) is 31.2 Å². The molecule has 1 spiro atoms. The van der Waals surface area contributed by atoms with Crippen LogP contribution in [0.5, 0.6) is 0 Å². The number of piperidine rings is 2. The zero-order valence-corrected chi connectivity index (χ0v) is 17.7. The van der Waals surface area contributed by atoms with Gasteiger partial charge in [-0.25, -0.2) is 4.98 Å². The summed E-state index contributed by atoms with van der Waals surface area (Å²) in [6.45, 7) is 8.35. The Morgan fingerprint density at radius 1 is 1.07 bits per heavy atom. The molecule has 2 aromatic rings. The number of carbonyl (C=O) groups is 1. The normalized spacial score (nSPS) is 19.8. The van der Waals surface area contributed by atoms with Gasteiger partial charge in [-0.05, 0) is 61.7 Å². The second-order valence-electron chi connectivity index (χ2n) is 8.87. The second-order valence-corrected chi connectivity index (χ2v) is 8.87. The minimum absolute atomic E-state index is 0.337. The Balaban J connectivity index is 1.29. The fourth-order valence-electron chi connectivity index (χ4n) is 5.06. The van der Waals surface area contributed by atoms with Crippen LogP contribution in [-0.4, -0.2) is 51.4 Å². The number of amides is 1. The third-order valence-corrected chi connectivity index (χ3v) is 6.96. The molecule has 1 aromatic carbocycles. The van der Waals surface area contributed by atoms with Gasteiger partial charge in [0.2, 0.25) is 5.91 Å². The molecule has 29 heavy (non-hydrogen) atoms. The van der Waals surface area contributed by atoms with Crippen molar-refractivity contribution < 1.29 is 4.79 Å². The number of aryl methyl sites for hydroxylation is 2. The number of carbonyl (C=O) groups excluding carboxylic acids is 1. The van der Waals surface area contributed by atoms with Crippen molar-refractivity contribution in [2.45, 2.75) is 58.5 Å². The molecule has 2 fully saturated rings. The predicted octanol–water partition coefficient (Wildman–Crippen LogP) is 3.74. The van der Waals surface area contributed by atoms with E-state index in [0.29, 0.717) is 11.3 Å². The van der Waals surface area contributed by atoms with Crippen LogP contribution in [0.25, 0.3) is 0 Å². The number of rotatable bonds is 7. The molecule has 0 atom stereocenters. The molecule has 2 aliphatic heterocycles. The van der Waals surface area contributed by atoms with E-state index in [-0.39, 0.29) is 0 Å². The Hall–Kier alpha value is -2.14. The van der Waals surface area contributed by atoms with Crippen molar-refractivity contribution in [3.63, 3.8) is 0 Å². The number of benzene rings is 1. The third-order valence-electron chi connectivity index (χ3n) is 6.96. The van der Waals surface area contributed by atoms with E-state index in [0.717, 1.165) is 65.0 Å². The van der Waals surface area contributed by atoms with Crippen LogP contribution in [0, 0.1) is 5.41 Å². The van der Waals surface area contributed by atoms with Gasteiger partial charge in [-0.15, -0.1) is 0 Å². The summed E-state index contributed by atoms with van der Waals surface area (Å²) in [5.41, 5.74) is 3.29. The van der Waals surface area contributed by atoms with Gasteiger partial charge in [0.25, 0.3) is 0 Å². The summed E-state index contributed by atoms with van der Waals surface area (Å²) in [6, 6.07) is 8.85. The molecule has 156 valence electrons. The Kier molecular flexibility index (Phi) is 6.34. The van der Waals surface area contributed by atoms with Gasteiger partial charge in [0.05, 0.1) is 6.33 Å². The SMILES string of the molecule is CCc1ccccc1CN1CCC2(CCC(=O)N(CCCn3ccnc3)C2)CC1. The highest BCUT2D eigenvalue weighted by molar-refractivity contribution is 5.77. The van der Waals surface area contributed by atoms with Crippen LogP contribution in [0.15, 0.2) is 43.0 Å². The zero-order valence-electron chi connectivity index (χ0n) is 17.7. The molecule has 0 saturated carbocycles. The van der Waals surface area contributed by atoms with Crippen LogP contribution in [0.1, 0.15) is 50.2 Å². The second kappa shape index (κ2) is 9.12. The van der Waals surface area contributed by atoms with Crippen LogP contribution in [0.3, 0.4) is 0 Å². The van der Waals surface area contributed by atoms with Crippen molar-refractivity contribution in [2.24, 2.45) is 5.41 Å². The highest BCUT2D eigenvalue weighted by atomic mass is 16.2. The first-order valence-corrected chi connectivity index (χ1v) is 11.2. The molecular weight excluding hydrogens is 360 g/mol. The summed E-state index contributed by atoms with van der Waals surface area (Å²) in [5.74, 6) is 0.348. The fraction of sp³-hybridized carbons (Fsp3) is 0.583. The summed E-state index contributed by atoms with van der Waals surface area (Å²) in [6.07, 6.45) is 12.0. The minimum Gasteiger partial charge on any atom is -0.342 e. The van der Waals surface area contributed by atoms with Crippen molar-refractivity contribution >= 4 is 5.91 Å². The molecular formula is C24H34N4O. The van der Waals surface area contributed by atoms with E-state index < -0.39 is 0 Å².